The lowest BCUT2D eigenvalue weighted by Crippen LogP contribution is -2.29. The Hall–Kier alpha value is -1.35. The second kappa shape index (κ2) is 5.32. The van der Waals surface area contributed by atoms with Gasteiger partial charge in [-0.25, -0.2) is 0 Å². The lowest BCUT2D eigenvalue weighted by atomic mass is 10.1. The molecule has 92 valence electrons. The summed E-state index contributed by atoms with van der Waals surface area (Å²) in [7, 11) is 1.77. The van der Waals surface area contributed by atoms with Gasteiger partial charge in [0, 0.05) is 18.4 Å². The van der Waals surface area contributed by atoms with Gasteiger partial charge in [0.15, 0.2) is 5.78 Å². The molecule has 1 aromatic carbocycles. The number of rotatable bonds is 4. The van der Waals surface area contributed by atoms with Crippen molar-refractivity contribution in [1.29, 1.82) is 0 Å². The van der Waals surface area contributed by atoms with Crippen LogP contribution in [0.2, 0.25) is 0 Å². The van der Waals surface area contributed by atoms with Crippen molar-refractivity contribution in [3.05, 3.63) is 29.8 Å². The molecule has 0 radical (unpaired) electrons. The number of anilines is 1. The molecule has 1 aromatic rings. The van der Waals surface area contributed by atoms with E-state index in [1.807, 2.05) is 24.3 Å². The highest BCUT2D eigenvalue weighted by molar-refractivity contribution is 5.94. The highest BCUT2D eigenvalue weighted by atomic mass is 16.5. The number of methoxy groups -OCH3 is 1. The van der Waals surface area contributed by atoms with Gasteiger partial charge in [0.25, 0.3) is 0 Å². The number of carbonyl (C=O) groups excluding carboxylic acids is 1. The third-order valence-corrected chi connectivity index (χ3v) is 3.40. The molecule has 0 spiro atoms. The summed E-state index contributed by atoms with van der Waals surface area (Å²) in [6.07, 6.45) is 3.79. The van der Waals surface area contributed by atoms with Crippen LogP contribution < -0.4 is 5.32 Å². The summed E-state index contributed by atoms with van der Waals surface area (Å²) in [6, 6.07) is 8.04. The molecule has 3 heteroatoms. The van der Waals surface area contributed by atoms with Gasteiger partial charge < -0.3 is 10.1 Å². The molecule has 0 saturated heterocycles. The van der Waals surface area contributed by atoms with E-state index >= 15 is 0 Å². The molecule has 1 saturated carbocycles. The van der Waals surface area contributed by atoms with E-state index in [1.54, 1.807) is 14.0 Å². The molecular formula is C14H19NO2. The van der Waals surface area contributed by atoms with Crippen molar-refractivity contribution in [1.82, 2.24) is 0 Å². The Morgan fingerprint density at radius 1 is 1.29 bits per heavy atom. The SMILES string of the molecule is COC1CCCC1Nc1ccc(C(C)=O)cc1. The Labute approximate surface area is 102 Å². The van der Waals surface area contributed by atoms with Gasteiger partial charge in [0.2, 0.25) is 0 Å². The standard InChI is InChI=1S/C14H19NO2/c1-10(16)11-6-8-12(9-7-11)15-13-4-3-5-14(13)17-2/h6-9,13-15H,3-5H2,1-2H3. The molecule has 0 amide bonds. The second-order valence-corrected chi connectivity index (χ2v) is 4.59. The first-order valence-electron chi connectivity index (χ1n) is 6.11. The van der Waals surface area contributed by atoms with Crippen LogP contribution >= 0.6 is 0 Å². The van der Waals surface area contributed by atoms with Crippen molar-refractivity contribution in [2.24, 2.45) is 0 Å². The van der Waals surface area contributed by atoms with Gasteiger partial charge >= 0.3 is 0 Å². The fourth-order valence-electron chi connectivity index (χ4n) is 2.39. The average Bonchev–Trinajstić information content (AvgIpc) is 2.77. The molecule has 2 rings (SSSR count). The van der Waals surface area contributed by atoms with Gasteiger partial charge in [-0.2, -0.15) is 0 Å². The maximum Gasteiger partial charge on any atom is 0.159 e. The summed E-state index contributed by atoms with van der Waals surface area (Å²) in [5.41, 5.74) is 1.81. The van der Waals surface area contributed by atoms with Crippen molar-refractivity contribution < 1.29 is 9.53 Å². The molecule has 0 aliphatic heterocycles. The van der Waals surface area contributed by atoms with Gasteiger partial charge in [-0.1, -0.05) is 0 Å². The third-order valence-electron chi connectivity index (χ3n) is 3.40. The van der Waals surface area contributed by atoms with E-state index in [0.29, 0.717) is 12.1 Å². The molecule has 2 atom stereocenters. The fraction of sp³-hybridized carbons (Fsp3) is 0.500. The van der Waals surface area contributed by atoms with E-state index in [4.69, 9.17) is 4.74 Å². The zero-order chi connectivity index (χ0) is 12.3. The number of nitrogens with one attached hydrogen (secondary N) is 1. The van der Waals surface area contributed by atoms with Crippen LogP contribution in [0.1, 0.15) is 36.5 Å². The Bertz CT molecular complexity index is 386. The first-order chi connectivity index (χ1) is 8.20. The molecule has 3 nitrogen and oxygen atoms in total. The maximum absolute atomic E-state index is 11.2. The van der Waals surface area contributed by atoms with E-state index in [9.17, 15) is 4.79 Å². The molecule has 1 fully saturated rings. The van der Waals surface area contributed by atoms with Gasteiger partial charge in [0.05, 0.1) is 12.1 Å². The quantitative estimate of drug-likeness (QED) is 0.813. The lowest BCUT2D eigenvalue weighted by Gasteiger charge is -2.20. The molecule has 0 aromatic heterocycles. The van der Waals surface area contributed by atoms with Crippen LogP contribution in [0, 0.1) is 0 Å². The van der Waals surface area contributed by atoms with Crippen LogP contribution in [-0.4, -0.2) is 25.0 Å². The van der Waals surface area contributed by atoms with Crippen LogP contribution in [0.3, 0.4) is 0 Å². The van der Waals surface area contributed by atoms with Crippen molar-refractivity contribution in [2.75, 3.05) is 12.4 Å². The number of ether oxygens (including phenoxy) is 1. The van der Waals surface area contributed by atoms with Crippen molar-refractivity contribution >= 4 is 11.5 Å². The van der Waals surface area contributed by atoms with E-state index in [2.05, 4.69) is 5.32 Å². The van der Waals surface area contributed by atoms with E-state index in [0.717, 1.165) is 24.1 Å². The molecule has 17 heavy (non-hydrogen) atoms. The maximum atomic E-state index is 11.2. The number of carbonyl (C=O) groups is 1. The molecular weight excluding hydrogens is 214 g/mol. The van der Waals surface area contributed by atoms with Gasteiger partial charge in [0.1, 0.15) is 0 Å². The minimum absolute atomic E-state index is 0.104. The molecule has 1 N–H and O–H groups in total. The third kappa shape index (κ3) is 2.86. The minimum Gasteiger partial charge on any atom is -0.380 e. The van der Waals surface area contributed by atoms with E-state index < -0.39 is 0 Å². The van der Waals surface area contributed by atoms with Gasteiger partial charge in [-0.15, -0.1) is 0 Å². The lowest BCUT2D eigenvalue weighted by molar-refractivity contribution is 0.101. The van der Waals surface area contributed by atoms with Crippen LogP contribution in [-0.2, 0) is 4.74 Å². The van der Waals surface area contributed by atoms with E-state index in [1.165, 1.54) is 6.42 Å². The summed E-state index contributed by atoms with van der Waals surface area (Å²) in [5, 5.41) is 3.47. The first kappa shape index (κ1) is 12.1. The van der Waals surface area contributed by atoms with Gasteiger partial charge in [-0.05, 0) is 50.5 Å². The summed E-state index contributed by atoms with van der Waals surface area (Å²) in [6.45, 7) is 1.58. The Morgan fingerprint density at radius 3 is 2.59 bits per heavy atom. The Balaban J connectivity index is 2.01. The predicted molar refractivity (Wildman–Crippen MR) is 68.5 cm³/mol. The van der Waals surface area contributed by atoms with Crippen LogP contribution in [0.5, 0.6) is 0 Å². The summed E-state index contributed by atoms with van der Waals surface area (Å²) in [5.74, 6) is 0.104. The Kier molecular flexibility index (Phi) is 3.79. The molecule has 0 bridgehead atoms. The predicted octanol–water partition coefficient (Wildman–Crippen LogP) is 2.87. The molecule has 1 aliphatic carbocycles. The zero-order valence-electron chi connectivity index (χ0n) is 10.4. The molecule has 1 aliphatic rings. The smallest absolute Gasteiger partial charge is 0.159 e. The summed E-state index contributed by atoms with van der Waals surface area (Å²) < 4.78 is 5.44. The van der Waals surface area contributed by atoms with Crippen molar-refractivity contribution in [3.8, 4) is 0 Å². The summed E-state index contributed by atoms with van der Waals surface area (Å²) in [4.78, 5) is 11.2. The number of hydrogen-bond acceptors (Lipinski definition) is 3. The normalized spacial score (nSPS) is 23.6. The highest BCUT2D eigenvalue weighted by Crippen LogP contribution is 2.25. The highest BCUT2D eigenvalue weighted by Gasteiger charge is 2.26. The molecule has 2 unspecified atom stereocenters. The number of hydrogen-bond donors (Lipinski definition) is 1. The van der Waals surface area contributed by atoms with Crippen LogP contribution in [0.4, 0.5) is 5.69 Å². The van der Waals surface area contributed by atoms with Crippen LogP contribution in [0.15, 0.2) is 24.3 Å². The largest absolute Gasteiger partial charge is 0.380 e. The average molecular weight is 233 g/mol. The monoisotopic (exact) mass is 233 g/mol. The Morgan fingerprint density at radius 2 is 2.00 bits per heavy atom. The van der Waals surface area contributed by atoms with Crippen LogP contribution in [0.25, 0.3) is 0 Å². The zero-order valence-corrected chi connectivity index (χ0v) is 10.4. The van der Waals surface area contributed by atoms with Crippen molar-refractivity contribution in [3.63, 3.8) is 0 Å². The summed E-state index contributed by atoms with van der Waals surface area (Å²) >= 11 is 0. The van der Waals surface area contributed by atoms with E-state index in [-0.39, 0.29) is 5.78 Å². The van der Waals surface area contributed by atoms with Crippen molar-refractivity contribution in [2.45, 2.75) is 38.3 Å². The number of ketones is 1. The second-order valence-electron chi connectivity index (χ2n) is 4.59. The minimum atomic E-state index is 0.104. The first-order valence-corrected chi connectivity index (χ1v) is 6.11. The topological polar surface area (TPSA) is 38.3 Å². The number of Topliss-reactive ketones (excluding diaryl/α,β-unsaturated/α-hetero) is 1. The number of benzene rings is 1. The molecule has 0 heterocycles. The van der Waals surface area contributed by atoms with Gasteiger partial charge in [-0.3, -0.25) is 4.79 Å². The fourth-order valence-corrected chi connectivity index (χ4v) is 2.39.